The van der Waals surface area contributed by atoms with Gasteiger partial charge < -0.3 is 20.8 Å². The van der Waals surface area contributed by atoms with Crippen LogP contribution in [0.1, 0.15) is 32.9 Å². The van der Waals surface area contributed by atoms with Gasteiger partial charge >= 0.3 is 0 Å². The van der Waals surface area contributed by atoms with Crippen molar-refractivity contribution in [2.45, 2.75) is 13.3 Å². The van der Waals surface area contributed by atoms with Gasteiger partial charge in [-0.3, -0.25) is 9.59 Å². The molecule has 1 heterocycles. The molecule has 2 rings (SSSR count). The number of aryl methyl sites for hydroxylation is 1. The number of benzene rings is 1. The molecule has 0 fully saturated rings. The standard InChI is InChI=1S/C16H19N3O3/c1-11-5-6-12(15(20)18-8-3-7-17)10-13(11)19-16(21)14-4-2-9-22-14/h2,4-6,9-10H,3,7-8,17H2,1H3,(H,18,20)(H,19,21). The van der Waals surface area contributed by atoms with Gasteiger partial charge in [0.15, 0.2) is 5.76 Å². The zero-order valence-corrected chi connectivity index (χ0v) is 12.4. The molecule has 0 atom stereocenters. The van der Waals surface area contributed by atoms with Gasteiger partial charge in [-0.1, -0.05) is 6.07 Å². The van der Waals surface area contributed by atoms with E-state index in [2.05, 4.69) is 10.6 Å². The molecule has 2 amide bonds. The maximum Gasteiger partial charge on any atom is 0.291 e. The fraction of sp³-hybridized carbons (Fsp3) is 0.250. The second-order valence-corrected chi connectivity index (χ2v) is 4.86. The summed E-state index contributed by atoms with van der Waals surface area (Å²) in [5.74, 6) is -0.326. The number of hydrogen-bond donors (Lipinski definition) is 3. The summed E-state index contributed by atoms with van der Waals surface area (Å²) in [6.07, 6.45) is 2.16. The van der Waals surface area contributed by atoms with Crippen molar-refractivity contribution in [3.8, 4) is 0 Å². The molecule has 0 spiro atoms. The maximum absolute atomic E-state index is 12.0. The molecular formula is C16H19N3O3. The number of anilines is 1. The number of hydrogen-bond acceptors (Lipinski definition) is 4. The van der Waals surface area contributed by atoms with Crippen LogP contribution in [-0.4, -0.2) is 24.9 Å². The van der Waals surface area contributed by atoms with E-state index in [0.29, 0.717) is 24.3 Å². The third kappa shape index (κ3) is 3.95. The van der Waals surface area contributed by atoms with Crippen molar-refractivity contribution in [1.29, 1.82) is 0 Å². The van der Waals surface area contributed by atoms with Gasteiger partial charge in [-0.15, -0.1) is 0 Å². The van der Waals surface area contributed by atoms with E-state index >= 15 is 0 Å². The SMILES string of the molecule is Cc1ccc(C(=O)NCCCN)cc1NC(=O)c1ccco1. The van der Waals surface area contributed by atoms with E-state index < -0.39 is 0 Å². The van der Waals surface area contributed by atoms with E-state index in [0.717, 1.165) is 12.0 Å². The number of nitrogens with one attached hydrogen (secondary N) is 2. The van der Waals surface area contributed by atoms with Gasteiger partial charge in [0.25, 0.3) is 11.8 Å². The zero-order chi connectivity index (χ0) is 15.9. The highest BCUT2D eigenvalue weighted by atomic mass is 16.3. The summed E-state index contributed by atoms with van der Waals surface area (Å²) in [7, 11) is 0. The Labute approximate surface area is 128 Å². The third-order valence-electron chi connectivity index (χ3n) is 3.16. The lowest BCUT2D eigenvalue weighted by Gasteiger charge is -2.10. The van der Waals surface area contributed by atoms with E-state index in [-0.39, 0.29) is 17.6 Å². The molecule has 0 aliphatic heterocycles. The van der Waals surface area contributed by atoms with Gasteiger partial charge in [0.1, 0.15) is 0 Å². The van der Waals surface area contributed by atoms with Gasteiger partial charge in [-0.05, 0) is 49.7 Å². The van der Waals surface area contributed by atoms with E-state index in [4.69, 9.17) is 10.2 Å². The summed E-state index contributed by atoms with van der Waals surface area (Å²) in [4.78, 5) is 24.0. The number of nitrogens with two attached hydrogens (primary N) is 1. The van der Waals surface area contributed by atoms with Crippen LogP contribution in [0.3, 0.4) is 0 Å². The predicted octanol–water partition coefficient (Wildman–Crippen LogP) is 1.92. The molecule has 0 aliphatic carbocycles. The molecule has 0 saturated carbocycles. The fourth-order valence-corrected chi connectivity index (χ4v) is 1.90. The van der Waals surface area contributed by atoms with Crippen LogP contribution < -0.4 is 16.4 Å². The Morgan fingerprint density at radius 3 is 2.73 bits per heavy atom. The molecule has 2 aromatic rings. The highest BCUT2D eigenvalue weighted by molar-refractivity contribution is 6.03. The Bertz CT molecular complexity index is 651. The second-order valence-electron chi connectivity index (χ2n) is 4.86. The summed E-state index contributed by atoms with van der Waals surface area (Å²) in [6.45, 7) is 2.91. The molecule has 0 unspecified atom stereocenters. The third-order valence-corrected chi connectivity index (χ3v) is 3.16. The molecule has 0 bridgehead atoms. The minimum absolute atomic E-state index is 0.193. The lowest BCUT2D eigenvalue weighted by molar-refractivity contribution is 0.0951. The molecule has 6 heteroatoms. The minimum Gasteiger partial charge on any atom is -0.459 e. The average Bonchev–Trinajstić information content (AvgIpc) is 3.04. The first-order chi connectivity index (χ1) is 10.6. The number of amides is 2. The summed E-state index contributed by atoms with van der Waals surface area (Å²) < 4.78 is 5.05. The highest BCUT2D eigenvalue weighted by Gasteiger charge is 2.12. The molecule has 116 valence electrons. The lowest BCUT2D eigenvalue weighted by atomic mass is 10.1. The van der Waals surface area contributed by atoms with Crippen LogP contribution in [0, 0.1) is 6.92 Å². The summed E-state index contributed by atoms with van der Waals surface area (Å²) in [5, 5.41) is 5.52. The number of carbonyl (C=O) groups excluding carboxylic acids is 2. The lowest BCUT2D eigenvalue weighted by Crippen LogP contribution is -2.26. The van der Waals surface area contributed by atoms with E-state index in [1.807, 2.05) is 6.92 Å². The zero-order valence-electron chi connectivity index (χ0n) is 12.4. The van der Waals surface area contributed by atoms with E-state index in [1.54, 1.807) is 30.3 Å². The van der Waals surface area contributed by atoms with Crippen LogP contribution in [0.15, 0.2) is 41.0 Å². The van der Waals surface area contributed by atoms with Crippen LogP contribution in [0.2, 0.25) is 0 Å². The number of rotatable bonds is 6. The van der Waals surface area contributed by atoms with Crippen molar-refractivity contribution in [3.05, 3.63) is 53.5 Å². The number of carbonyl (C=O) groups is 2. The molecule has 0 aliphatic rings. The van der Waals surface area contributed by atoms with Gasteiger partial charge in [0.05, 0.1) is 6.26 Å². The van der Waals surface area contributed by atoms with Crippen molar-refractivity contribution in [1.82, 2.24) is 5.32 Å². The summed E-state index contributed by atoms with van der Waals surface area (Å²) in [6, 6.07) is 8.37. The molecular weight excluding hydrogens is 282 g/mol. The largest absolute Gasteiger partial charge is 0.459 e. The fourth-order valence-electron chi connectivity index (χ4n) is 1.90. The van der Waals surface area contributed by atoms with Crippen LogP contribution in [0.5, 0.6) is 0 Å². The van der Waals surface area contributed by atoms with Gasteiger partial charge in [-0.2, -0.15) is 0 Å². The Morgan fingerprint density at radius 2 is 2.05 bits per heavy atom. The van der Waals surface area contributed by atoms with Gasteiger partial charge in [0.2, 0.25) is 0 Å². The highest BCUT2D eigenvalue weighted by Crippen LogP contribution is 2.18. The van der Waals surface area contributed by atoms with Crippen molar-refractivity contribution in [3.63, 3.8) is 0 Å². The smallest absolute Gasteiger partial charge is 0.291 e. The first-order valence-corrected chi connectivity index (χ1v) is 7.05. The monoisotopic (exact) mass is 301 g/mol. The van der Waals surface area contributed by atoms with Crippen LogP contribution in [-0.2, 0) is 0 Å². The molecule has 22 heavy (non-hydrogen) atoms. The predicted molar refractivity (Wildman–Crippen MR) is 83.8 cm³/mol. The molecule has 4 N–H and O–H groups in total. The first kappa shape index (κ1) is 15.8. The summed E-state index contributed by atoms with van der Waals surface area (Å²) in [5.41, 5.74) is 7.31. The average molecular weight is 301 g/mol. The van der Waals surface area contributed by atoms with Crippen LogP contribution in [0.25, 0.3) is 0 Å². The Hall–Kier alpha value is -2.60. The number of furan rings is 1. The van der Waals surface area contributed by atoms with Crippen molar-refractivity contribution < 1.29 is 14.0 Å². The Morgan fingerprint density at radius 1 is 1.23 bits per heavy atom. The van der Waals surface area contributed by atoms with E-state index in [9.17, 15) is 9.59 Å². The van der Waals surface area contributed by atoms with Crippen LogP contribution >= 0.6 is 0 Å². The Balaban J connectivity index is 2.09. The van der Waals surface area contributed by atoms with Gasteiger partial charge in [0, 0.05) is 17.8 Å². The minimum atomic E-state index is -0.353. The second kappa shape index (κ2) is 7.42. The van der Waals surface area contributed by atoms with E-state index in [1.165, 1.54) is 6.26 Å². The normalized spacial score (nSPS) is 10.3. The quantitative estimate of drug-likeness (QED) is 0.710. The molecule has 0 radical (unpaired) electrons. The topological polar surface area (TPSA) is 97.4 Å². The van der Waals surface area contributed by atoms with Crippen molar-refractivity contribution in [2.75, 3.05) is 18.4 Å². The summed E-state index contributed by atoms with van der Waals surface area (Å²) >= 11 is 0. The Kier molecular flexibility index (Phi) is 5.32. The molecule has 6 nitrogen and oxygen atoms in total. The first-order valence-electron chi connectivity index (χ1n) is 7.05. The van der Waals surface area contributed by atoms with Gasteiger partial charge in [-0.25, -0.2) is 0 Å². The van der Waals surface area contributed by atoms with Crippen LogP contribution in [0.4, 0.5) is 5.69 Å². The molecule has 1 aromatic heterocycles. The van der Waals surface area contributed by atoms with Crippen molar-refractivity contribution >= 4 is 17.5 Å². The molecule has 1 aromatic carbocycles. The maximum atomic E-state index is 12.0. The van der Waals surface area contributed by atoms with Crippen molar-refractivity contribution in [2.24, 2.45) is 5.73 Å². The molecule has 0 saturated heterocycles.